The Balaban J connectivity index is 1.50. The second-order valence-corrected chi connectivity index (χ2v) is 9.16. The molecule has 7 heteroatoms. The van der Waals surface area contributed by atoms with E-state index in [1.54, 1.807) is 9.80 Å². The van der Waals surface area contributed by atoms with Crippen LogP contribution in [-0.2, 0) is 20.9 Å². The summed E-state index contributed by atoms with van der Waals surface area (Å²) in [7, 11) is 0. The zero-order chi connectivity index (χ0) is 20.7. The summed E-state index contributed by atoms with van der Waals surface area (Å²) in [6, 6.07) is 17.5. The lowest BCUT2D eigenvalue weighted by Crippen LogP contribution is -2.35. The van der Waals surface area contributed by atoms with Crippen LogP contribution >= 0.6 is 24.0 Å². The molecule has 0 N–H and O–H groups in total. The van der Waals surface area contributed by atoms with Crippen molar-refractivity contribution in [1.29, 1.82) is 0 Å². The fraction of sp³-hybridized carbons (Fsp3) is 0.261. The maximum Gasteiger partial charge on any atom is 0.267 e. The second kappa shape index (κ2) is 7.98. The van der Waals surface area contributed by atoms with Gasteiger partial charge in [0.05, 0.1) is 35.4 Å². The zero-order valence-corrected chi connectivity index (χ0v) is 17.9. The Labute approximate surface area is 184 Å². The number of thioether (sulfide) groups is 1. The van der Waals surface area contributed by atoms with Crippen LogP contribution in [0.25, 0.3) is 5.57 Å². The molecule has 2 amide bonds. The van der Waals surface area contributed by atoms with Crippen LogP contribution < -0.4 is 4.90 Å². The monoisotopic (exact) mass is 436 g/mol. The average molecular weight is 437 g/mol. The van der Waals surface area contributed by atoms with Gasteiger partial charge >= 0.3 is 0 Å². The maximum atomic E-state index is 13.5. The molecule has 2 fully saturated rings. The molecule has 2 aromatic carbocycles. The minimum atomic E-state index is -0.194. The van der Waals surface area contributed by atoms with Crippen molar-refractivity contribution in [2.75, 3.05) is 18.1 Å². The number of ether oxygens (including phenoxy) is 1. The van der Waals surface area contributed by atoms with Crippen molar-refractivity contribution >= 4 is 51.4 Å². The van der Waals surface area contributed by atoms with Crippen molar-refractivity contribution < 1.29 is 14.3 Å². The number of para-hydroxylation sites is 1. The van der Waals surface area contributed by atoms with Crippen molar-refractivity contribution in [3.63, 3.8) is 0 Å². The van der Waals surface area contributed by atoms with Crippen LogP contribution in [0.15, 0.2) is 59.5 Å². The molecule has 5 nitrogen and oxygen atoms in total. The molecule has 0 saturated carbocycles. The molecule has 0 aliphatic carbocycles. The molecule has 3 aliphatic rings. The predicted octanol–water partition coefficient (Wildman–Crippen LogP) is 3.98. The Morgan fingerprint density at radius 3 is 2.53 bits per heavy atom. The summed E-state index contributed by atoms with van der Waals surface area (Å²) in [4.78, 5) is 30.5. The molecule has 0 radical (unpaired) electrons. The third kappa shape index (κ3) is 3.37. The first-order valence-corrected chi connectivity index (χ1v) is 11.2. The van der Waals surface area contributed by atoms with E-state index in [4.69, 9.17) is 17.0 Å². The maximum absolute atomic E-state index is 13.5. The van der Waals surface area contributed by atoms with Crippen LogP contribution in [0.3, 0.4) is 0 Å². The van der Waals surface area contributed by atoms with Crippen LogP contribution in [-0.4, -0.2) is 40.3 Å². The Hall–Kier alpha value is -2.48. The first-order chi connectivity index (χ1) is 14.6. The fourth-order valence-corrected chi connectivity index (χ4v) is 5.47. The number of hydrogen-bond acceptors (Lipinski definition) is 5. The molecule has 0 unspecified atom stereocenters. The number of nitrogens with zero attached hydrogens (tertiary/aromatic N) is 2. The predicted molar refractivity (Wildman–Crippen MR) is 122 cm³/mol. The summed E-state index contributed by atoms with van der Waals surface area (Å²) in [6.07, 6.45) is 1.94. The van der Waals surface area contributed by atoms with Crippen LogP contribution in [0.2, 0.25) is 0 Å². The highest BCUT2D eigenvalue weighted by molar-refractivity contribution is 8.26. The highest BCUT2D eigenvalue weighted by atomic mass is 32.2. The van der Waals surface area contributed by atoms with E-state index in [1.807, 2.05) is 54.6 Å². The minimum absolute atomic E-state index is 0.0120. The van der Waals surface area contributed by atoms with Gasteiger partial charge in [0.1, 0.15) is 4.32 Å². The first kappa shape index (κ1) is 19.5. The lowest BCUT2D eigenvalue weighted by atomic mass is 10.1. The van der Waals surface area contributed by atoms with E-state index in [1.165, 1.54) is 11.8 Å². The Morgan fingerprint density at radius 2 is 1.77 bits per heavy atom. The van der Waals surface area contributed by atoms with E-state index < -0.39 is 0 Å². The van der Waals surface area contributed by atoms with E-state index >= 15 is 0 Å². The summed E-state index contributed by atoms with van der Waals surface area (Å²) < 4.78 is 6.17. The molecule has 30 heavy (non-hydrogen) atoms. The third-order valence-corrected chi connectivity index (χ3v) is 7.04. The van der Waals surface area contributed by atoms with Crippen molar-refractivity contribution in [2.24, 2.45) is 0 Å². The standard InChI is InChI=1S/C23H20N2O3S2/c26-21-19(20-22(27)25(23(29)30-20)14-16-9-6-12-28-16)17-10-4-5-11-18(17)24(21)13-15-7-2-1-3-8-15/h1-5,7-8,10-11,16H,6,9,12-14H2/b20-19-/t16-/m0/s1. The molecule has 3 aliphatic heterocycles. The number of amides is 2. The SMILES string of the molecule is O=C1/C(=C2/C(=O)N(Cc3ccccc3)c3ccccc32)SC(=S)N1C[C@@H]1CCCO1. The molecule has 1 atom stereocenters. The van der Waals surface area contributed by atoms with Crippen LogP contribution in [0.5, 0.6) is 0 Å². The lowest BCUT2D eigenvalue weighted by molar-refractivity contribution is -0.123. The van der Waals surface area contributed by atoms with Crippen molar-refractivity contribution in [3.8, 4) is 0 Å². The van der Waals surface area contributed by atoms with Gasteiger partial charge in [0.25, 0.3) is 11.8 Å². The second-order valence-electron chi connectivity index (χ2n) is 7.52. The molecule has 0 bridgehead atoms. The number of carbonyl (C=O) groups excluding carboxylic acids is 2. The van der Waals surface area contributed by atoms with Gasteiger partial charge in [0.2, 0.25) is 0 Å². The number of thiocarbonyl (C=S) groups is 1. The van der Waals surface area contributed by atoms with Crippen molar-refractivity contribution in [2.45, 2.75) is 25.5 Å². The largest absolute Gasteiger partial charge is 0.376 e. The van der Waals surface area contributed by atoms with Gasteiger partial charge in [-0.3, -0.25) is 14.5 Å². The van der Waals surface area contributed by atoms with E-state index in [0.29, 0.717) is 27.9 Å². The molecule has 3 heterocycles. The highest BCUT2D eigenvalue weighted by Crippen LogP contribution is 2.45. The van der Waals surface area contributed by atoms with Crippen LogP contribution in [0, 0.1) is 0 Å². The summed E-state index contributed by atoms with van der Waals surface area (Å²) in [5, 5.41) is 0. The number of benzene rings is 2. The third-order valence-electron chi connectivity index (χ3n) is 5.59. The summed E-state index contributed by atoms with van der Waals surface area (Å²) in [5.41, 5.74) is 3.10. The quantitative estimate of drug-likeness (QED) is 0.536. The van der Waals surface area contributed by atoms with Crippen molar-refractivity contribution in [3.05, 3.63) is 70.6 Å². The molecular weight excluding hydrogens is 416 g/mol. The highest BCUT2D eigenvalue weighted by Gasteiger charge is 2.42. The average Bonchev–Trinajstić information content (AvgIpc) is 3.44. The minimum Gasteiger partial charge on any atom is -0.376 e. The Morgan fingerprint density at radius 1 is 1.00 bits per heavy atom. The van der Waals surface area contributed by atoms with Crippen LogP contribution in [0.1, 0.15) is 24.0 Å². The van der Waals surface area contributed by atoms with Gasteiger partial charge in [-0.05, 0) is 24.5 Å². The number of carbonyl (C=O) groups is 2. The van der Waals surface area contributed by atoms with Gasteiger partial charge in [-0.1, -0.05) is 72.5 Å². The van der Waals surface area contributed by atoms with Crippen molar-refractivity contribution in [1.82, 2.24) is 4.90 Å². The van der Waals surface area contributed by atoms with E-state index in [2.05, 4.69) is 0 Å². The van der Waals surface area contributed by atoms with E-state index in [0.717, 1.165) is 36.3 Å². The molecule has 2 saturated heterocycles. The number of anilines is 1. The number of hydrogen-bond donors (Lipinski definition) is 0. The molecule has 0 spiro atoms. The fourth-order valence-electron chi connectivity index (χ4n) is 4.12. The Kier molecular flexibility index (Phi) is 5.18. The topological polar surface area (TPSA) is 49.9 Å². The molecule has 2 aromatic rings. The Bertz CT molecular complexity index is 1060. The van der Waals surface area contributed by atoms with E-state index in [-0.39, 0.29) is 17.9 Å². The smallest absolute Gasteiger partial charge is 0.267 e. The first-order valence-electron chi connectivity index (χ1n) is 9.98. The number of fused-ring (bicyclic) bond motifs is 1. The molecule has 152 valence electrons. The summed E-state index contributed by atoms with van der Waals surface area (Å²) >= 11 is 6.71. The normalized spacial score (nSPS) is 23.6. The van der Waals surface area contributed by atoms with E-state index in [9.17, 15) is 9.59 Å². The van der Waals surface area contributed by atoms with Gasteiger partial charge in [0.15, 0.2) is 0 Å². The summed E-state index contributed by atoms with van der Waals surface area (Å²) in [5.74, 6) is -0.349. The van der Waals surface area contributed by atoms with Gasteiger partial charge in [-0.2, -0.15) is 0 Å². The van der Waals surface area contributed by atoms with Crippen LogP contribution in [0.4, 0.5) is 5.69 Å². The van der Waals surface area contributed by atoms with Gasteiger partial charge in [-0.15, -0.1) is 0 Å². The molecule has 0 aromatic heterocycles. The molecule has 5 rings (SSSR count). The van der Waals surface area contributed by atoms with Gasteiger partial charge in [-0.25, -0.2) is 0 Å². The number of rotatable bonds is 4. The van der Waals surface area contributed by atoms with Gasteiger partial charge in [0, 0.05) is 12.2 Å². The van der Waals surface area contributed by atoms with Gasteiger partial charge < -0.3 is 9.64 Å². The summed E-state index contributed by atoms with van der Waals surface area (Å²) in [6.45, 7) is 1.63. The molecular formula is C23H20N2O3S2. The zero-order valence-electron chi connectivity index (χ0n) is 16.2. The lowest BCUT2D eigenvalue weighted by Gasteiger charge is -2.18.